The predicted molar refractivity (Wildman–Crippen MR) is 128 cm³/mol. The number of hydrogen-bond donors (Lipinski definition) is 1. The molecule has 0 bridgehead atoms. The maximum Gasteiger partial charge on any atom is 0.272 e. The molecule has 0 radical (unpaired) electrons. The van der Waals surface area contributed by atoms with Gasteiger partial charge in [-0.05, 0) is 76.4 Å². The first-order chi connectivity index (χ1) is 15.4. The van der Waals surface area contributed by atoms with Crippen molar-refractivity contribution in [3.8, 4) is 0 Å². The highest BCUT2D eigenvalue weighted by atomic mass is 16.1. The molecule has 0 spiro atoms. The monoisotopic (exact) mass is 432 g/mol. The smallest absolute Gasteiger partial charge is 0.272 e. The van der Waals surface area contributed by atoms with Gasteiger partial charge in [-0.2, -0.15) is 0 Å². The third kappa shape index (κ3) is 4.91. The summed E-state index contributed by atoms with van der Waals surface area (Å²) in [4.78, 5) is 31.9. The Morgan fingerprint density at radius 1 is 1.09 bits per heavy atom. The number of aryl methyl sites for hydroxylation is 3. The van der Waals surface area contributed by atoms with Gasteiger partial charge in [0.1, 0.15) is 5.69 Å². The Labute approximate surface area is 189 Å². The third-order valence-electron chi connectivity index (χ3n) is 6.47. The fraction of sp³-hybridized carbons (Fsp3) is 0.423. The van der Waals surface area contributed by atoms with Gasteiger partial charge in [0.2, 0.25) is 0 Å². The van der Waals surface area contributed by atoms with Crippen LogP contribution in [0.15, 0.2) is 47.3 Å². The second kappa shape index (κ2) is 9.65. The lowest BCUT2D eigenvalue weighted by Crippen LogP contribution is -2.38. The van der Waals surface area contributed by atoms with Crippen LogP contribution in [-0.4, -0.2) is 40.0 Å². The van der Waals surface area contributed by atoms with Crippen molar-refractivity contribution in [1.29, 1.82) is 0 Å². The SMILES string of the molecule is CCn1c(=O)c(C)nc2cc(C(=O)NCC3CCN(Cc4ccc(C)cc4)CC3)ccc21. The molecular weight excluding hydrogens is 400 g/mol. The zero-order valence-electron chi connectivity index (χ0n) is 19.2. The Kier molecular flexibility index (Phi) is 6.70. The van der Waals surface area contributed by atoms with Crippen LogP contribution in [0.2, 0.25) is 0 Å². The minimum Gasteiger partial charge on any atom is -0.352 e. The molecule has 2 heterocycles. The van der Waals surface area contributed by atoms with E-state index >= 15 is 0 Å². The molecule has 1 amide bonds. The molecule has 2 aromatic carbocycles. The summed E-state index contributed by atoms with van der Waals surface area (Å²) in [5.41, 5.74) is 5.06. The average Bonchev–Trinajstić information content (AvgIpc) is 2.80. The zero-order chi connectivity index (χ0) is 22.7. The molecule has 0 aliphatic carbocycles. The van der Waals surface area contributed by atoms with Gasteiger partial charge in [0, 0.05) is 25.2 Å². The third-order valence-corrected chi connectivity index (χ3v) is 6.47. The summed E-state index contributed by atoms with van der Waals surface area (Å²) in [5, 5.41) is 3.10. The van der Waals surface area contributed by atoms with Crippen molar-refractivity contribution >= 4 is 16.9 Å². The largest absolute Gasteiger partial charge is 0.352 e. The number of nitrogens with zero attached hydrogens (tertiary/aromatic N) is 3. The Morgan fingerprint density at radius 2 is 1.81 bits per heavy atom. The molecular formula is C26H32N4O2. The molecule has 32 heavy (non-hydrogen) atoms. The van der Waals surface area contributed by atoms with E-state index in [9.17, 15) is 9.59 Å². The molecule has 3 aromatic rings. The summed E-state index contributed by atoms with van der Waals surface area (Å²) < 4.78 is 1.70. The van der Waals surface area contributed by atoms with Crippen molar-refractivity contribution in [3.63, 3.8) is 0 Å². The van der Waals surface area contributed by atoms with E-state index in [1.807, 2.05) is 13.0 Å². The van der Waals surface area contributed by atoms with E-state index in [1.165, 1.54) is 11.1 Å². The lowest BCUT2D eigenvalue weighted by atomic mass is 9.96. The first-order valence-corrected chi connectivity index (χ1v) is 11.5. The molecule has 6 heteroatoms. The number of likely N-dealkylation sites (tertiary alicyclic amines) is 1. The first kappa shape index (κ1) is 22.2. The van der Waals surface area contributed by atoms with Crippen LogP contribution in [0.1, 0.15) is 46.9 Å². The number of rotatable bonds is 6. The standard InChI is InChI=1S/C26H32N4O2/c1-4-30-24-10-9-22(15-23(24)28-19(3)26(30)32)25(31)27-16-20-11-13-29(14-12-20)17-21-7-5-18(2)6-8-21/h5-10,15,20H,4,11-14,16-17H2,1-3H3,(H,27,31). The maximum absolute atomic E-state index is 12.8. The number of aromatic nitrogens is 2. The first-order valence-electron chi connectivity index (χ1n) is 11.5. The maximum atomic E-state index is 12.8. The van der Waals surface area contributed by atoms with E-state index in [2.05, 4.69) is 46.4 Å². The number of nitrogens with one attached hydrogen (secondary N) is 1. The summed E-state index contributed by atoms with van der Waals surface area (Å²) in [6, 6.07) is 14.1. The van der Waals surface area contributed by atoms with Crippen LogP contribution in [0.4, 0.5) is 0 Å². The Balaban J connectivity index is 1.32. The molecule has 0 saturated carbocycles. The molecule has 1 aliphatic rings. The van der Waals surface area contributed by atoms with Crippen molar-refractivity contribution in [2.45, 2.75) is 46.7 Å². The molecule has 6 nitrogen and oxygen atoms in total. The Hall–Kier alpha value is -2.99. The minimum absolute atomic E-state index is 0.0778. The van der Waals surface area contributed by atoms with E-state index < -0.39 is 0 Å². The van der Waals surface area contributed by atoms with Crippen LogP contribution in [-0.2, 0) is 13.1 Å². The number of carbonyl (C=O) groups is 1. The van der Waals surface area contributed by atoms with Crippen molar-refractivity contribution in [2.75, 3.05) is 19.6 Å². The highest BCUT2D eigenvalue weighted by Gasteiger charge is 2.20. The average molecular weight is 433 g/mol. The molecule has 1 N–H and O–H groups in total. The number of benzene rings is 2. The highest BCUT2D eigenvalue weighted by molar-refractivity contribution is 5.97. The van der Waals surface area contributed by atoms with Gasteiger partial charge >= 0.3 is 0 Å². The molecule has 1 aliphatic heterocycles. The predicted octanol–water partition coefficient (Wildman–Crippen LogP) is 3.68. The lowest BCUT2D eigenvalue weighted by Gasteiger charge is -2.32. The summed E-state index contributed by atoms with van der Waals surface area (Å²) in [7, 11) is 0. The van der Waals surface area contributed by atoms with Gasteiger partial charge in [0.25, 0.3) is 11.5 Å². The Morgan fingerprint density at radius 3 is 2.50 bits per heavy atom. The van der Waals surface area contributed by atoms with E-state index in [0.717, 1.165) is 38.0 Å². The van der Waals surface area contributed by atoms with E-state index in [0.29, 0.717) is 35.8 Å². The Bertz CT molecular complexity index is 1160. The fourth-order valence-electron chi connectivity index (χ4n) is 4.47. The second-order valence-corrected chi connectivity index (χ2v) is 8.87. The summed E-state index contributed by atoms with van der Waals surface area (Å²) in [5.74, 6) is 0.419. The summed E-state index contributed by atoms with van der Waals surface area (Å²) >= 11 is 0. The number of amides is 1. The number of carbonyl (C=O) groups excluding carboxylic acids is 1. The van der Waals surface area contributed by atoms with Gasteiger partial charge in [-0.1, -0.05) is 29.8 Å². The van der Waals surface area contributed by atoms with Gasteiger partial charge in [-0.25, -0.2) is 4.98 Å². The normalized spacial score (nSPS) is 15.2. The molecule has 1 aromatic heterocycles. The fourth-order valence-corrected chi connectivity index (χ4v) is 4.47. The van der Waals surface area contributed by atoms with E-state index in [1.54, 1.807) is 23.6 Å². The molecule has 1 fully saturated rings. The number of piperidine rings is 1. The van der Waals surface area contributed by atoms with Crippen molar-refractivity contribution < 1.29 is 4.79 Å². The van der Waals surface area contributed by atoms with Gasteiger partial charge in [-0.15, -0.1) is 0 Å². The minimum atomic E-state index is -0.0808. The van der Waals surface area contributed by atoms with Crippen LogP contribution in [0.25, 0.3) is 11.0 Å². The second-order valence-electron chi connectivity index (χ2n) is 8.87. The quantitative estimate of drug-likeness (QED) is 0.645. The highest BCUT2D eigenvalue weighted by Crippen LogP contribution is 2.19. The van der Waals surface area contributed by atoms with Crippen molar-refractivity contribution in [1.82, 2.24) is 19.8 Å². The number of hydrogen-bond acceptors (Lipinski definition) is 4. The van der Waals surface area contributed by atoms with Crippen LogP contribution in [0, 0.1) is 19.8 Å². The molecule has 1 saturated heterocycles. The topological polar surface area (TPSA) is 67.2 Å². The molecule has 168 valence electrons. The zero-order valence-corrected chi connectivity index (χ0v) is 19.2. The van der Waals surface area contributed by atoms with Gasteiger partial charge in [0.05, 0.1) is 11.0 Å². The van der Waals surface area contributed by atoms with Crippen LogP contribution >= 0.6 is 0 Å². The van der Waals surface area contributed by atoms with Crippen molar-refractivity contribution in [2.24, 2.45) is 5.92 Å². The van der Waals surface area contributed by atoms with Crippen molar-refractivity contribution in [3.05, 3.63) is 75.2 Å². The van der Waals surface area contributed by atoms with Crippen LogP contribution in [0.5, 0.6) is 0 Å². The number of fused-ring (bicyclic) bond motifs is 1. The van der Waals surface area contributed by atoms with Gasteiger partial charge in [-0.3, -0.25) is 14.5 Å². The molecule has 0 atom stereocenters. The van der Waals surface area contributed by atoms with E-state index in [4.69, 9.17) is 0 Å². The molecule has 4 rings (SSSR count). The van der Waals surface area contributed by atoms with Crippen LogP contribution < -0.4 is 10.9 Å². The van der Waals surface area contributed by atoms with Crippen LogP contribution in [0.3, 0.4) is 0 Å². The lowest BCUT2D eigenvalue weighted by molar-refractivity contribution is 0.0935. The molecule has 0 unspecified atom stereocenters. The van der Waals surface area contributed by atoms with E-state index in [-0.39, 0.29) is 11.5 Å². The summed E-state index contributed by atoms with van der Waals surface area (Å²) in [6.45, 7) is 10.1. The van der Waals surface area contributed by atoms with Gasteiger partial charge in [0.15, 0.2) is 0 Å². The summed E-state index contributed by atoms with van der Waals surface area (Å²) in [6.07, 6.45) is 2.18. The van der Waals surface area contributed by atoms with Gasteiger partial charge < -0.3 is 9.88 Å².